The molecule has 0 bridgehead atoms. The van der Waals surface area contributed by atoms with Crippen molar-refractivity contribution in [2.24, 2.45) is 0 Å². The summed E-state index contributed by atoms with van der Waals surface area (Å²) < 4.78 is 0. The van der Waals surface area contributed by atoms with Crippen LogP contribution in [0.4, 0.5) is 10.5 Å². The van der Waals surface area contributed by atoms with Gasteiger partial charge >= 0.3 is 6.09 Å². The Morgan fingerprint density at radius 1 is 1.08 bits per heavy atom. The van der Waals surface area contributed by atoms with Crippen molar-refractivity contribution >= 4 is 35.1 Å². The van der Waals surface area contributed by atoms with Crippen molar-refractivity contribution in [2.45, 2.75) is 35.7 Å². The Morgan fingerprint density at radius 3 is 2.44 bits per heavy atom. The summed E-state index contributed by atoms with van der Waals surface area (Å²) in [5.41, 5.74) is 1.15. The van der Waals surface area contributed by atoms with E-state index in [9.17, 15) is 9.90 Å². The van der Waals surface area contributed by atoms with E-state index in [1.807, 2.05) is 43.3 Å². The summed E-state index contributed by atoms with van der Waals surface area (Å²) >= 11 is 7.67. The van der Waals surface area contributed by atoms with Gasteiger partial charge in [0, 0.05) is 40.0 Å². The molecule has 0 aliphatic carbocycles. The van der Waals surface area contributed by atoms with Gasteiger partial charge in [-0.2, -0.15) is 0 Å². The molecule has 2 atom stereocenters. The number of anilines is 1. The van der Waals surface area contributed by atoms with E-state index < -0.39 is 6.09 Å². The minimum absolute atomic E-state index is 0.0395. The van der Waals surface area contributed by atoms with Crippen molar-refractivity contribution in [2.75, 3.05) is 18.0 Å². The molecule has 3 rings (SSSR count). The number of carboxylic acid groups (broad SMARTS) is 1. The summed E-state index contributed by atoms with van der Waals surface area (Å²) in [5.74, 6) is 0. The van der Waals surface area contributed by atoms with Gasteiger partial charge in [0.1, 0.15) is 0 Å². The van der Waals surface area contributed by atoms with Crippen LogP contribution in [-0.4, -0.2) is 41.3 Å². The highest BCUT2D eigenvalue weighted by Crippen LogP contribution is 2.37. The Labute approximate surface area is 157 Å². The van der Waals surface area contributed by atoms with Gasteiger partial charge in [-0.25, -0.2) is 4.79 Å². The molecule has 0 spiro atoms. The summed E-state index contributed by atoms with van der Waals surface area (Å²) in [6, 6.07) is 16.2. The first-order chi connectivity index (χ1) is 12.0. The van der Waals surface area contributed by atoms with Crippen LogP contribution in [0.1, 0.15) is 13.8 Å². The lowest BCUT2D eigenvalue weighted by molar-refractivity contribution is 0.114. The summed E-state index contributed by atoms with van der Waals surface area (Å²) in [7, 11) is 0. The molecule has 1 aliphatic rings. The van der Waals surface area contributed by atoms with Gasteiger partial charge in [0.2, 0.25) is 0 Å². The molecule has 1 aliphatic heterocycles. The summed E-state index contributed by atoms with van der Waals surface area (Å²) in [4.78, 5) is 17.5. The zero-order valence-corrected chi connectivity index (χ0v) is 15.8. The fraction of sp³-hybridized carbons (Fsp3) is 0.316. The number of para-hydroxylation sites is 1. The number of hydrogen-bond donors (Lipinski definition) is 1. The number of carbonyl (C=O) groups is 1. The molecule has 0 aromatic heterocycles. The minimum Gasteiger partial charge on any atom is -0.465 e. The lowest BCUT2D eigenvalue weighted by atomic mass is 10.1. The van der Waals surface area contributed by atoms with Gasteiger partial charge in [0.15, 0.2) is 0 Å². The van der Waals surface area contributed by atoms with Crippen LogP contribution >= 0.6 is 23.4 Å². The van der Waals surface area contributed by atoms with Crippen LogP contribution in [0.2, 0.25) is 5.02 Å². The zero-order chi connectivity index (χ0) is 18.0. The van der Waals surface area contributed by atoms with Crippen LogP contribution in [0.5, 0.6) is 0 Å². The van der Waals surface area contributed by atoms with Crippen LogP contribution in [-0.2, 0) is 0 Å². The fourth-order valence-electron chi connectivity index (χ4n) is 3.14. The van der Waals surface area contributed by atoms with E-state index in [2.05, 4.69) is 24.0 Å². The number of piperazine rings is 1. The molecular formula is C19H21ClN2O2S. The average Bonchev–Trinajstić information content (AvgIpc) is 2.59. The SMILES string of the molecule is CC1CN(c2ccccc2Sc2ccc(Cl)cc2)C(C)CN1C(=O)O. The van der Waals surface area contributed by atoms with E-state index in [-0.39, 0.29) is 12.1 Å². The van der Waals surface area contributed by atoms with Crippen molar-refractivity contribution in [3.05, 3.63) is 53.6 Å². The van der Waals surface area contributed by atoms with Crippen LogP contribution in [0.15, 0.2) is 58.3 Å². The van der Waals surface area contributed by atoms with E-state index in [4.69, 9.17) is 11.6 Å². The van der Waals surface area contributed by atoms with Gasteiger partial charge in [-0.1, -0.05) is 35.5 Å². The normalized spacial score (nSPS) is 20.6. The summed E-state index contributed by atoms with van der Waals surface area (Å²) in [6.07, 6.45) is -0.845. The Balaban J connectivity index is 1.85. The number of halogens is 1. The number of nitrogens with zero attached hydrogens (tertiary/aromatic N) is 2. The predicted octanol–water partition coefficient (Wildman–Crippen LogP) is 5.07. The van der Waals surface area contributed by atoms with Crippen LogP contribution in [0, 0.1) is 0 Å². The van der Waals surface area contributed by atoms with E-state index in [0.717, 1.165) is 20.5 Å². The first-order valence-corrected chi connectivity index (χ1v) is 9.44. The fourth-order valence-corrected chi connectivity index (χ4v) is 4.23. The van der Waals surface area contributed by atoms with Gasteiger partial charge in [0.05, 0.1) is 5.69 Å². The molecule has 2 aromatic carbocycles. The second-order valence-electron chi connectivity index (χ2n) is 6.31. The van der Waals surface area contributed by atoms with Crippen LogP contribution in [0.25, 0.3) is 0 Å². The monoisotopic (exact) mass is 376 g/mol. The lowest BCUT2D eigenvalue weighted by Gasteiger charge is -2.44. The van der Waals surface area contributed by atoms with E-state index in [1.54, 1.807) is 11.8 Å². The molecule has 1 heterocycles. The Hall–Kier alpha value is -1.85. The van der Waals surface area contributed by atoms with E-state index >= 15 is 0 Å². The molecular weight excluding hydrogens is 356 g/mol. The molecule has 0 radical (unpaired) electrons. The third-order valence-corrected chi connectivity index (χ3v) is 5.77. The first kappa shape index (κ1) is 18.0. The highest BCUT2D eigenvalue weighted by atomic mass is 35.5. The van der Waals surface area contributed by atoms with Gasteiger partial charge in [-0.05, 0) is 50.2 Å². The van der Waals surface area contributed by atoms with Crippen LogP contribution < -0.4 is 4.90 Å². The van der Waals surface area contributed by atoms with E-state index in [0.29, 0.717) is 13.1 Å². The maximum Gasteiger partial charge on any atom is 0.407 e. The van der Waals surface area contributed by atoms with Crippen molar-refractivity contribution < 1.29 is 9.90 Å². The second kappa shape index (κ2) is 7.58. The number of benzene rings is 2. The number of hydrogen-bond acceptors (Lipinski definition) is 3. The minimum atomic E-state index is -0.845. The molecule has 1 N–H and O–H groups in total. The topological polar surface area (TPSA) is 43.8 Å². The number of rotatable bonds is 3. The maximum absolute atomic E-state index is 11.4. The predicted molar refractivity (Wildman–Crippen MR) is 103 cm³/mol. The Bertz CT molecular complexity index is 753. The van der Waals surface area contributed by atoms with Crippen molar-refractivity contribution in [3.63, 3.8) is 0 Å². The van der Waals surface area contributed by atoms with Crippen molar-refractivity contribution in [3.8, 4) is 0 Å². The highest BCUT2D eigenvalue weighted by molar-refractivity contribution is 7.99. The molecule has 0 saturated carbocycles. The molecule has 1 fully saturated rings. The van der Waals surface area contributed by atoms with Gasteiger partial charge < -0.3 is 14.9 Å². The zero-order valence-electron chi connectivity index (χ0n) is 14.2. The molecule has 1 amide bonds. The maximum atomic E-state index is 11.4. The number of amides is 1. The van der Waals surface area contributed by atoms with Gasteiger partial charge in [-0.15, -0.1) is 0 Å². The average molecular weight is 377 g/mol. The third-order valence-electron chi connectivity index (χ3n) is 4.45. The molecule has 25 heavy (non-hydrogen) atoms. The standard InChI is InChI=1S/C19H21ClN2O2S/c1-13-12-22(19(23)24)14(2)11-21(13)17-5-3-4-6-18(17)25-16-9-7-15(20)8-10-16/h3-10,13-14H,11-12H2,1-2H3,(H,23,24). The molecule has 132 valence electrons. The molecule has 1 saturated heterocycles. The second-order valence-corrected chi connectivity index (χ2v) is 7.86. The Morgan fingerprint density at radius 2 is 1.76 bits per heavy atom. The third kappa shape index (κ3) is 4.05. The summed E-state index contributed by atoms with van der Waals surface area (Å²) in [5, 5.41) is 10.1. The molecule has 2 unspecified atom stereocenters. The molecule has 6 heteroatoms. The Kier molecular flexibility index (Phi) is 5.45. The smallest absolute Gasteiger partial charge is 0.407 e. The van der Waals surface area contributed by atoms with Crippen molar-refractivity contribution in [1.29, 1.82) is 0 Å². The lowest BCUT2D eigenvalue weighted by Crippen LogP contribution is -2.58. The highest BCUT2D eigenvalue weighted by Gasteiger charge is 2.32. The van der Waals surface area contributed by atoms with Gasteiger partial charge in [0.25, 0.3) is 0 Å². The quantitative estimate of drug-likeness (QED) is 0.812. The van der Waals surface area contributed by atoms with Crippen LogP contribution in [0.3, 0.4) is 0 Å². The molecule has 2 aromatic rings. The van der Waals surface area contributed by atoms with Crippen molar-refractivity contribution in [1.82, 2.24) is 4.90 Å². The summed E-state index contributed by atoms with van der Waals surface area (Å²) in [6.45, 7) is 5.23. The van der Waals surface area contributed by atoms with E-state index in [1.165, 1.54) is 4.90 Å². The largest absolute Gasteiger partial charge is 0.465 e. The van der Waals surface area contributed by atoms with Gasteiger partial charge in [-0.3, -0.25) is 0 Å². The molecule has 4 nitrogen and oxygen atoms in total. The first-order valence-electron chi connectivity index (χ1n) is 8.24.